The SMILES string of the molecule is NC(=O)c1ccc(F)cc1NC(=O)C(Br)c1ccc(F)cc1. The van der Waals surface area contributed by atoms with Gasteiger partial charge in [0.1, 0.15) is 16.5 Å². The molecule has 2 amide bonds. The average molecular weight is 369 g/mol. The number of rotatable bonds is 4. The molecule has 1 unspecified atom stereocenters. The molecule has 0 saturated carbocycles. The largest absolute Gasteiger partial charge is 0.366 e. The van der Waals surface area contributed by atoms with Crippen LogP contribution in [-0.2, 0) is 4.79 Å². The first-order chi connectivity index (χ1) is 10.4. The lowest BCUT2D eigenvalue weighted by Crippen LogP contribution is -2.21. The van der Waals surface area contributed by atoms with Crippen LogP contribution < -0.4 is 11.1 Å². The Morgan fingerprint density at radius 3 is 2.23 bits per heavy atom. The Hall–Kier alpha value is -2.28. The molecular weight excluding hydrogens is 358 g/mol. The van der Waals surface area contributed by atoms with Gasteiger partial charge in [-0.25, -0.2) is 8.78 Å². The molecule has 22 heavy (non-hydrogen) atoms. The number of primary amides is 1. The first-order valence-electron chi connectivity index (χ1n) is 6.18. The van der Waals surface area contributed by atoms with Crippen molar-refractivity contribution in [3.05, 3.63) is 65.2 Å². The summed E-state index contributed by atoms with van der Waals surface area (Å²) in [5.74, 6) is -2.37. The van der Waals surface area contributed by atoms with E-state index >= 15 is 0 Å². The lowest BCUT2D eigenvalue weighted by molar-refractivity contribution is -0.115. The maximum Gasteiger partial charge on any atom is 0.250 e. The zero-order chi connectivity index (χ0) is 16.3. The summed E-state index contributed by atoms with van der Waals surface area (Å²) >= 11 is 3.17. The number of halogens is 3. The number of nitrogens with one attached hydrogen (secondary N) is 1. The monoisotopic (exact) mass is 368 g/mol. The van der Waals surface area contributed by atoms with Crippen LogP contribution in [0, 0.1) is 11.6 Å². The second-order valence-electron chi connectivity index (χ2n) is 4.46. The maximum absolute atomic E-state index is 13.3. The van der Waals surface area contributed by atoms with E-state index in [0.29, 0.717) is 5.56 Å². The number of amides is 2. The Labute approximate surface area is 133 Å². The van der Waals surface area contributed by atoms with Gasteiger partial charge in [-0.15, -0.1) is 0 Å². The third-order valence-electron chi connectivity index (χ3n) is 2.90. The molecule has 1 atom stereocenters. The zero-order valence-corrected chi connectivity index (χ0v) is 12.7. The van der Waals surface area contributed by atoms with Crippen molar-refractivity contribution < 1.29 is 18.4 Å². The maximum atomic E-state index is 13.3. The van der Waals surface area contributed by atoms with Gasteiger partial charge in [-0.2, -0.15) is 0 Å². The number of hydrogen-bond acceptors (Lipinski definition) is 2. The van der Waals surface area contributed by atoms with Crippen LogP contribution in [0.15, 0.2) is 42.5 Å². The zero-order valence-electron chi connectivity index (χ0n) is 11.1. The molecule has 0 radical (unpaired) electrons. The molecule has 2 aromatic carbocycles. The van der Waals surface area contributed by atoms with Gasteiger partial charge >= 0.3 is 0 Å². The van der Waals surface area contributed by atoms with Gasteiger partial charge in [0.2, 0.25) is 5.91 Å². The quantitative estimate of drug-likeness (QED) is 0.813. The van der Waals surface area contributed by atoms with Gasteiger partial charge in [-0.1, -0.05) is 28.1 Å². The molecule has 0 aromatic heterocycles. The number of carbonyl (C=O) groups excluding carboxylic acids is 2. The van der Waals surface area contributed by atoms with Crippen LogP contribution in [0.2, 0.25) is 0 Å². The van der Waals surface area contributed by atoms with E-state index < -0.39 is 28.3 Å². The molecule has 3 N–H and O–H groups in total. The van der Waals surface area contributed by atoms with Crippen LogP contribution in [0.3, 0.4) is 0 Å². The first kappa shape index (κ1) is 16.1. The highest BCUT2D eigenvalue weighted by molar-refractivity contribution is 9.09. The van der Waals surface area contributed by atoms with E-state index in [2.05, 4.69) is 21.2 Å². The van der Waals surface area contributed by atoms with Crippen molar-refractivity contribution in [3.8, 4) is 0 Å². The number of nitrogens with two attached hydrogens (primary N) is 1. The fourth-order valence-corrected chi connectivity index (χ4v) is 2.23. The summed E-state index contributed by atoms with van der Waals surface area (Å²) < 4.78 is 26.1. The number of alkyl halides is 1. The van der Waals surface area contributed by atoms with Gasteiger partial charge in [0.25, 0.3) is 5.91 Å². The normalized spacial score (nSPS) is 11.8. The van der Waals surface area contributed by atoms with Crippen LogP contribution in [0.1, 0.15) is 20.7 Å². The molecule has 4 nitrogen and oxygen atoms in total. The van der Waals surface area contributed by atoms with Gasteiger partial charge < -0.3 is 11.1 Å². The number of benzene rings is 2. The Morgan fingerprint density at radius 1 is 1.05 bits per heavy atom. The Balaban J connectivity index is 2.23. The van der Waals surface area contributed by atoms with Crippen LogP contribution in [0.25, 0.3) is 0 Å². The van der Waals surface area contributed by atoms with Gasteiger partial charge in [-0.05, 0) is 35.9 Å². The van der Waals surface area contributed by atoms with E-state index in [0.717, 1.165) is 12.1 Å². The smallest absolute Gasteiger partial charge is 0.250 e. The van der Waals surface area contributed by atoms with Crippen LogP contribution in [-0.4, -0.2) is 11.8 Å². The molecule has 2 aromatic rings. The van der Waals surface area contributed by atoms with E-state index in [9.17, 15) is 18.4 Å². The van der Waals surface area contributed by atoms with Crippen molar-refractivity contribution in [1.82, 2.24) is 0 Å². The summed E-state index contributed by atoms with van der Waals surface area (Å²) in [6.07, 6.45) is 0. The summed E-state index contributed by atoms with van der Waals surface area (Å²) in [5, 5.41) is 2.43. The van der Waals surface area contributed by atoms with Crippen molar-refractivity contribution in [2.45, 2.75) is 4.83 Å². The van der Waals surface area contributed by atoms with Crippen molar-refractivity contribution in [3.63, 3.8) is 0 Å². The molecular formula is C15H11BrF2N2O2. The summed E-state index contributed by atoms with van der Waals surface area (Å²) in [6.45, 7) is 0. The van der Waals surface area contributed by atoms with Crippen LogP contribution >= 0.6 is 15.9 Å². The highest BCUT2D eigenvalue weighted by Crippen LogP contribution is 2.26. The fraction of sp³-hybridized carbons (Fsp3) is 0.0667. The van der Waals surface area contributed by atoms with Gasteiger partial charge in [0.05, 0.1) is 11.3 Å². The van der Waals surface area contributed by atoms with E-state index in [1.54, 1.807) is 0 Å². The molecule has 0 aliphatic heterocycles. The van der Waals surface area contributed by atoms with E-state index in [1.807, 2.05) is 0 Å². The van der Waals surface area contributed by atoms with Gasteiger partial charge in [-0.3, -0.25) is 9.59 Å². The van der Waals surface area contributed by atoms with Gasteiger partial charge in [0.15, 0.2) is 0 Å². The topological polar surface area (TPSA) is 72.2 Å². The second kappa shape index (κ2) is 6.65. The first-order valence-corrected chi connectivity index (χ1v) is 7.10. The standard InChI is InChI=1S/C15H11BrF2N2O2/c16-13(8-1-3-9(17)4-2-8)15(22)20-12-7-10(18)5-6-11(12)14(19)21/h1-7,13H,(H2,19,21)(H,20,22). The highest BCUT2D eigenvalue weighted by Gasteiger charge is 2.19. The Bertz CT molecular complexity index is 720. The fourth-order valence-electron chi connectivity index (χ4n) is 1.81. The second-order valence-corrected chi connectivity index (χ2v) is 5.37. The predicted molar refractivity (Wildman–Crippen MR) is 81.6 cm³/mol. The van der Waals surface area contributed by atoms with Crippen LogP contribution in [0.5, 0.6) is 0 Å². The molecule has 7 heteroatoms. The minimum Gasteiger partial charge on any atom is -0.366 e. The van der Waals surface area contributed by atoms with Crippen LogP contribution in [0.4, 0.5) is 14.5 Å². The number of hydrogen-bond donors (Lipinski definition) is 2. The average Bonchev–Trinajstić information content (AvgIpc) is 2.47. The van der Waals surface area contributed by atoms with E-state index in [-0.39, 0.29) is 11.3 Å². The molecule has 0 aliphatic carbocycles. The highest BCUT2D eigenvalue weighted by atomic mass is 79.9. The molecule has 0 saturated heterocycles. The van der Waals surface area contributed by atoms with Crippen molar-refractivity contribution in [2.75, 3.05) is 5.32 Å². The van der Waals surface area contributed by atoms with Crippen molar-refractivity contribution in [2.24, 2.45) is 5.73 Å². The van der Waals surface area contributed by atoms with Crippen molar-refractivity contribution in [1.29, 1.82) is 0 Å². The molecule has 0 heterocycles. The third kappa shape index (κ3) is 3.67. The molecule has 2 rings (SSSR count). The van der Waals surface area contributed by atoms with E-state index in [1.165, 1.54) is 30.3 Å². The minimum atomic E-state index is -0.794. The number of carbonyl (C=O) groups is 2. The molecule has 0 spiro atoms. The Morgan fingerprint density at radius 2 is 1.64 bits per heavy atom. The van der Waals surface area contributed by atoms with Gasteiger partial charge in [0, 0.05) is 0 Å². The minimum absolute atomic E-state index is 0.00597. The summed E-state index contributed by atoms with van der Waals surface area (Å²) in [7, 11) is 0. The molecule has 0 bridgehead atoms. The Kier molecular flexibility index (Phi) is 4.87. The third-order valence-corrected chi connectivity index (χ3v) is 3.84. The molecule has 114 valence electrons. The lowest BCUT2D eigenvalue weighted by Gasteiger charge is -2.13. The molecule has 0 aliphatic rings. The lowest BCUT2D eigenvalue weighted by atomic mass is 10.1. The van der Waals surface area contributed by atoms with Crippen molar-refractivity contribution >= 4 is 33.4 Å². The predicted octanol–water partition coefficient (Wildman–Crippen LogP) is 3.14. The number of anilines is 1. The summed E-state index contributed by atoms with van der Waals surface area (Å²) in [4.78, 5) is 22.7. The van der Waals surface area contributed by atoms with E-state index in [4.69, 9.17) is 5.73 Å². The summed E-state index contributed by atoms with van der Waals surface area (Å²) in [6, 6.07) is 8.57. The summed E-state index contributed by atoms with van der Waals surface area (Å²) in [5.41, 5.74) is 5.66. The molecule has 0 fully saturated rings.